The number of rotatable bonds is 6. The van der Waals surface area contributed by atoms with Crippen molar-refractivity contribution in [3.05, 3.63) is 48.4 Å². The second-order valence-electron chi connectivity index (χ2n) is 5.25. The molecule has 0 atom stereocenters. The Balaban J connectivity index is 1.66. The number of hydrogen-bond donors (Lipinski definition) is 2. The van der Waals surface area contributed by atoms with Gasteiger partial charge in [-0.2, -0.15) is 0 Å². The highest BCUT2D eigenvalue weighted by atomic mass is 16.5. The van der Waals surface area contributed by atoms with Gasteiger partial charge in [-0.25, -0.2) is 0 Å². The minimum Gasteiger partial charge on any atom is -0.497 e. The van der Waals surface area contributed by atoms with Gasteiger partial charge in [0.25, 0.3) is 0 Å². The van der Waals surface area contributed by atoms with Crippen LogP contribution in [0.3, 0.4) is 0 Å². The molecule has 8 heteroatoms. The molecule has 1 aromatic carbocycles. The highest BCUT2D eigenvalue weighted by Crippen LogP contribution is 2.28. The van der Waals surface area contributed by atoms with Crippen LogP contribution >= 0.6 is 0 Å². The van der Waals surface area contributed by atoms with E-state index in [1.165, 1.54) is 0 Å². The second-order valence-corrected chi connectivity index (χ2v) is 5.25. The first-order valence-electron chi connectivity index (χ1n) is 7.79. The summed E-state index contributed by atoms with van der Waals surface area (Å²) in [5.74, 6) is 2.49. The maximum Gasteiger partial charge on any atom is 0.193 e. The minimum atomic E-state index is 0.292. The van der Waals surface area contributed by atoms with Crippen LogP contribution in [-0.2, 0) is 6.42 Å². The van der Waals surface area contributed by atoms with Crippen LogP contribution in [0.4, 0.5) is 5.69 Å². The molecule has 0 spiro atoms. The Morgan fingerprint density at radius 3 is 2.88 bits per heavy atom. The first-order valence-corrected chi connectivity index (χ1v) is 7.79. The summed E-state index contributed by atoms with van der Waals surface area (Å²) in [6.45, 7) is 0.487. The van der Waals surface area contributed by atoms with Crippen LogP contribution in [0.5, 0.6) is 11.5 Å². The summed E-state index contributed by atoms with van der Waals surface area (Å²) in [5, 5.41) is 11.3. The van der Waals surface area contributed by atoms with Crippen molar-refractivity contribution in [2.45, 2.75) is 6.42 Å². The molecule has 2 aromatic heterocycles. The lowest BCUT2D eigenvalue weighted by Gasteiger charge is -2.12. The van der Waals surface area contributed by atoms with Gasteiger partial charge in [-0.1, -0.05) is 6.07 Å². The third-order valence-electron chi connectivity index (χ3n) is 3.67. The monoisotopic (exact) mass is 340 g/mol. The van der Waals surface area contributed by atoms with Crippen LogP contribution in [0.1, 0.15) is 5.82 Å². The third-order valence-corrected chi connectivity index (χ3v) is 3.67. The number of aromatic nitrogens is 3. The van der Waals surface area contributed by atoms with Gasteiger partial charge < -0.3 is 20.5 Å². The largest absolute Gasteiger partial charge is 0.497 e. The molecule has 0 aliphatic heterocycles. The zero-order valence-electron chi connectivity index (χ0n) is 14.1. The maximum atomic E-state index is 5.97. The average molecular weight is 340 g/mol. The van der Waals surface area contributed by atoms with Crippen LogP contribution in [0, 0.1) is 0 Å². The fourth-order valence-electron chi connectivity index (χ4n) is 2.43. The number of anilines is 1. The second kappa shape index (κ2) is 7.52. The molecule has 25 heavy (non-hydrogen) atoms. The van der Waals surface area contributed by atoms with Gasteiger partial charge in [0.2, 0.25) is 0 Å². The topological polar surface area (TPSA) is 99.1 Å². The van der Waals surface area contributed by atoms with E-state index < -0.39 is 0 Å². The molecule has 0 fully saturated rings. The Morgan fingerprint density at radius 1 is 1.20 bits per heavy atom. The predicted octanol–water partition coefficient (Wildman–Crippen LogP) is 1.72. The Hall–Kier alpha value is -3.29. The first-order chi connectivity index (χ1) is 12.2. The molecular weight excluding hydrogens is 320 g/mol. The van der Waals surface area contributed by atoms with Crippen molar-refractivity contribution in [3.8, 4) is 11.5 Å². The average Bonchev–Trinajstić information content (AvgIpc) is 3.05. The van der Waals surface area contributed by atoms with Crippen molar-refractivity contribution < 1.29 is 9.47 Å². The van der Waals surface area contributed by atoms with Gasteiger partial charge in [-0.05, 0) is 24.3 Å². The lowest BCUT2D eigenvalue weighted by Crippen LogP contribution is -2.23. The van der Waals surface area contributed by atoms with Crippen LogP contribution in [-0.4, -0.2) is 41.3 Å². The summed E-state index contributed by atoms with van der Waals surface area (Å²) in [6, 6.07) is 11.2. The SMILES string of the molecule is COc1ccc(OC)c(NC(N)=NCCc2nnc3ccccn23)c1. The number of hydrogen-bond acceptors (Lipinski definition) is 5. The molecule has 0 bridgehead atoms. The molecule has 0 aliphatic rings. The van der Waals surface area contributed by atoms with Gasteiger partial charge in [-0.15, -0.1) is 10.2 Å². The molecule has 0 amide bonds. The van der Waals surface area contributed by atoms with Crippen molar-refractivity contribution >= 4 is 17.3 Å². The molecule has 0 radical (unpaired) electrons. The zero-order chi connectivity index (χ0) is 17.6. The number of aliphatic imine (C=N–C) groups is 1. The zero-order valence-corrected chi connectivity index (χ0v) is 14.1. The number of fused-ring (bicyclic) bond motifs is 1. The highest BCUT2D eigenvalue weighted by Gasteiger charge is 2.07. The van der Waals surface area contributed by atoms with E-state index in [4.69, 9.17) is 15.2 Å². The summed E-state index contributed by atoms with van der Waals surface area (Å²) < 4.78 is 12.5. The number of nitrogens with two attached hydrogens (primary N) is 1. The third kappa shape index (κ3) is 3.79. The molecule has 0 unspecified atom stereocenters. The number of nitrogens with zero attached hydrogens (tertiary/aromatic N) is 4. The quantitative estimate of drug-likeness (QED) is 0.523. The summed E-state index contributed by atoms with van der Waals surface area (Å²) in [5.41, 5.74) is 7.48. The van der Waals surface area contributed by atoms with Crippen molar-refractivity contribution in [3.63, 3.8) is 0 Å². The number of benzene rings is 1. The Bertz CT molecular complexity index is 890. The molecule has 3 aromatic rings. The number of guanidine groups is 1. The molecule has 0 aliphatic carbocycles. The molecule has 0 saturated heterocycles. The van der Waals surface area contributed by atoms with Gasteiger partial charge in [0, 0.05) is 25.2 Å². The van der Waals surface area contributed by atoms with E-state index in [1.54, 1.807) is 26.4 Å². The predicted molar refractivity (Wildman–Crippen MR) is 96.3 cm³/mol. The van der Waals surface area contributed by atoms with Crippen LogP contribution < -0.4 is 20.5 Å². The summed E-state index contributed by atoms with van der Waals surface area (Å²) >= 11 is 0. The van der Waals surface area contributed by atoms with Gasteiger partial charge in [0.05, 0.1) is 19.9 Å². The van der Waals surface area contributed by atoms with Crippen molar-refractivity contribution in [1.82, 2.24) is 14.6 Å². The van der Waals surface area contributed by atoms with Crippen molar-refractivity contribution in [2.75, 3.05) is 26.1 Å². The fourth-order valence-corrected chi connectivity index (χ4v) is 2.43. The van der Waals surface area contributed by atoms with Gasteiger partial charge in [-0.3, -0.25) is 9.39 Å². The lowest BCUT2D eigenvalue weighted by molar-refractivity contribution is 0.405. The van der Waals surface area contributed by atoms with E-state index in [0.717, 1.165) is 11.5 Å². The van der Waals surface area contributed by atoms with Crippen molar-refractivity contribution in [1.29, 1.82) is 0 Å². The number of methoxy groups -OCH3 is 2. The molecule has 8 nitrogen and oxygen atoms in total. The smallest absolute Gasteiger partial charge is 0.193 e. The van der Waals surface area contributed by atoms with Crippen LogP contribution in [0.2, 0.25) is 0 Å². The van der Waals surface area contributed by atoms with Gasteiger partial charge in [0.1, 0.15) is 17.3 Å². The normalized spacial score (nSPS) is 11.5. The minimum absolute atomic E-state index is 0.292. The summed E-state index contributed by atoms with van der Waals surface area (Å²) in [7, 11) is 3.20. The lowest BCUT2D eigenvalue weighted by atomic mass is 10.2. The summed E-state index contributed by atoms with van der Waals surface area (Å²) in [4.78, 5) is 4.34. The van der Waals surface area contributed by atoms with E-state index in [1.807, 2.05) is 34.9 Å². The number of nitrogens with one attached hydrogen (secondary N) is 1. The molecule has 130 valence electrons. The maximum absolute atomic E-state index is 5.97. The first kappa shape index (κ1) is 16.6. The van der Waals surface area contributed by atoms with E-state index in [2.05, 4.69) is 20.5 Å². The van der Waals surface area contributed by atoms with E-state index >= 15 is 0 Å². The van der Waals surface area contributed by atoms with E-state index in [9.17, 15) is 0 Å². The Labute approximate surface area is 145 Å². The molecule has 3 rings (SSSR count). The Kier molecular flexibility index (Phi) is 4.98. The van der Waals surface area contributed by atoms with E-state index in [0.29, 0.717) is 36.1 Å². The standard InChI is InChI=1S/C17H20N6O2/c1-24-12-6-7-14(25-2)13(11-12)20-17(18)19-9-8-16-22-21-15-5-3-4-10-23(15)16/h3-7,10-11H,8-9H2,1-2H3,(H3,18,19,20). The molecule has 0 saturated carbocycles. The molecule has 2 heterocycles. The molecule has 3 N–H and O–H groups in total. The van der Waals surface area contributed by atoms with Gasteiger partial charge in [0.15, 0.2) is 11.6 Å². The number of pyridine rings is 1. The van der Waals surface area contributed by atoms with Crippen LogP contribution in [0.25, 0.3) is 5.65 Å². The van der Waals surface area contributed by atoms with E-state index in [-0.39, 0.29) is 0 Å². The number of ether oxygens (including phenoxy) is 2. The molecular formula is C17H20N6O2. The van der Waals surface area contributed by atoms with Crippen molar-refractivity contribution in [2.24, 2.45) is 10.7 Å². The summed E-state index contributed by atoms with van der Waals surface area (Å²) in [6.07, 6.45) is 2.56. The van der Waals surface area contributed by atoms with Gasteiger partial charge >= 0.3 is 0 Å². The Morgan fingerprint density at radius 2 is 2.08 bits per heavy atom. The van der Waals surface area contributed by atoms with Crippen LogP contribution in [0.15, 0.2) is 47.6 Å². The fraction of sp³-hybridized carbons (Fsp3) is 0.235. The highest BCUT2D eigenvalue weighted by molar-refractivity contribution is 5.94.